The smallest absolute Gasteiger partial charge is 0.256 e. The van der Waals surface area contributed by atoms with Crippen LogP contribution in [0.3, 0.4) is 0 Å². The molecule has 0 aliphatic rings. The van der Waals surface area contributed by atoms with E-state index in [2.05, 4.69) is 26.5 Å². The zero-order valence-electron chi connectivity index (χ0n) is 19.2. The average Bonchev–Trinajstić information content (AvgIpc) is 3.22. The predicted molar refractivity (Wildman–Crippen MR) is 130 cm³/mol. The van der Waals surface area contributed by atoms with E-state index in [1.165, 1.54) is 10.9 Å². The van der Waals surface area contributed by atoms with Crippen molar-refractivity contribution in [1.82, 2.24) is 24.7 Å². The van der Waals surface area contributed by atoms with Crippen molar-refractivity contribution >= 4 is 33.7 Å². The highest BCUT2D eigenvalue weighted by molar-refractivity contribution is 6.06. The molecule has 0 spiro atoms. The van der Waals surface area contributed by atoms with Crippen molar-refractivity contribution in [2.24, 2.45) is 0 Å². The number of rotatable bonds is 3. The molecule has 8 heteroatoms. The molecule has 166 valence electrons. The largest absolute Gasteiger partial charge is 0.305 e. The summed E-state index contributed by atoms with van der Waals surface area (Å²) in [5.41, 5.74) is 6.55. The van der Waals surface area contributed by atoms with Crippen LogP contribution in [0.15, 0.2) is 48.7 Å². The highest BCUT2D eigenvalue weighted by Gasteiger charge is 2.19. The van der Waals surface area contributed by atoms with Crippen LogP contribution in [0.1, 0.15) is 38.4 Å². The summed E-state index contributed by atoms with van der Waals surface area (Å²) >= 11 is 0. The molecule has 0 radical (unpaired) electrons. The Hall–Kier alpha value is -4.64. The first-order valence-electron chi connectivity index (χ1n) is 10.8. The number of nitriles is 1. The van der Waals surface area contributed by atoms with Crippen LogP contribution in [-0.2, 0) is 0 Å². The third-order valence-electron chi connectivity index (χ3n) is 5.91. The van der Waals surface area contributed by atoms with Crippen LogP contribution >= 0.6 is 0 Å². The summed E-state index contributed by atoms with van der Waals surface area (Å²) in [6.45, 7) is 7.78. The molecule has 8 nitrogen and oxygen atoms in total. The van der Waals surface area contributed by atoms with E-state index in [-0.39, 0.29) is 17.3 Å². The lowest BCUT2D eigenvalue weighted by atomic mass is 10.1. The molecule has 5 rings (SSSR count). The van der Waals surface area contributed by atoms with E-state index in [0.29, 0.717) is 22.4 Å². The van der Waals surface area contributed by atoms with Crippen molar-refractivity contribution < 1.29 is 4.79 Å². The maximum absolute atomic E-state index is 13.2. The Bertz CT molecular complexity index is 1660. The van der Waals surface area contributed by atoms with E-state index in [1.807, 2.05) is 52.0 Å². The molecular weight excluding hydrogens is 426 g/mol. The Labute approximate surface area is 195 Å². The second-order valence-electron chi connectivity index (χ2n) is 8.25. The van der Waals surface area contributed by atoms with Gasteiger partial charge in [0.05, 0.1) is 34.1 Å². The van der Waals surface area contributed by atoms with Crippen molar-refractivity contribution in [2.45, 2.75) is 27.7 Å². The molecule has 3 aromatic heterocycles. The molecule has 2 aromatic carbocycles. The number of aryl methyl sites for hydroxylation is 4. The molecule has 1 N–H and O–H groups in total. The molecule has 0 aliphatic heterocycles. The fraction of sp³-hybridized carbons (Fsp3) is 0.154. The maximum atomic E-state index is 13.2. The third kappa shape index (κ3) is 3.53. The van der Waals surface area contributed by atoms with E-state index >= 15 is 0 Å². The summed E-state index contributed by atoms with van der Waals surface area (Å²) in [7, 11) is 0. The molecule has 0 bridgehead atoms. The van der Waals surface area contributed by atoms with Gasteiger partial charge in [-0.3, -0.25) is 4.79 Å². The lowest BCUT2D eigenvalue weighted by molar-refractivity contribution is 0.102. The van der Waals surface area contributed by atoms with Crippen LogP contribution in [-0.4, -0.2) is 30.6 Å². The molecule has 0 unspecified atom stereocenters. The second-order valence-corrected chi connectivity index (χ2v) is 8.25. The summed E-state index contributed by atoms with van der Waals surface area (Å²) < 4.78 is 1.49. The summed E-state index contributed by atoms with van der Waals surface area (Å²) in [4.78, 5) is 27.0. The predicted octanol–water partition coefficient (Wildman–Crippen LogP) is 4.72. The molecule has 0 aliphatic carbocycles. The van der Waals surface area contributed by atoms with E-state index in [4.69, 9.17) is 4.98 Å². The number of amides is 1. The molecule has 0 saturated carbocycles. The summed E-state index contributed by atoms with van der Waals surface area (Å²) in [6, 6.07) is 15.2. The average molecular weight is 448 g/mol. The van der Waals surface area contributed by atoms with E-state index in [9.17, 15) is 10.1 Å². The van der Waals surface area contributed by atoms with Gasteiger partial charge in [-0.2, -0.15) is 15.0 Å². The zero-order valence-corrected chi connectivity index (χ0v) is 19.2. The molecular formula is C26H21N7O. The van der Waals surface area contributed by atoms with Gasteiger partial charge in [0.25, 0.3) is 5.91 Å². The minimum Gasteiger partial charge on any atom is -0.305 e. The number of nitrogens with zero attached hydrogens (tertiary/aromatic N) is 6. The van der Waals surface area contributed by atoms with Gasteiger partial charge in [-0.25, -0.2) is 15.0 Å². The van der Waals surface area contributed by atoms with Crippen LogP contribution in [0.25, 0.3) is 27.8 Å². The number of fused-ring (bicyclic) bond motifs is 2. The van der Waals surface area contributed by atoms with Gasteiger partial charge >= 0.3 is 0 Å². The second kappa shape index (κ2) is 8.05. The first-order chi connectivity index (χ1) is 16.4. The van der Waals surface area contributed by atoms with Gasteiger partial charge in [-0.15, -0.1) is 0 Å². The summed E-state index contributed by atoms with van der Waals surface area (Å²) in [5.74, 6) is 0.402. The van der Waals surface area contributed by atoms with Crippen molar-refractivity contribution in [3.63, 3.8) is 0 Å². The van der Waals surface area contributed by atoms with E-state index in [1.54, 1.807) is 18.2 Å². The molecule has 0 saturated heterocycles. The van der Waals surface area contributed by atoms with Gasteiger partial charge in [0, 0.05) is 10.9 Å². The minimum absolute atomic E-state index is 0.240. The van der Waals surface area contributed by atoms with Gasteiger partial charge in [0.15, 0.2) is 11.6 Å². The van der Waals surface area contributed by atoms with E-state index < -0.39 is 0 Å². The number of anilines is 1. The van der Waals surface area contributed by atoms with Gasteiger partial charge < -0.3 is 5.32 Å². The Morgan fingerprint density at radius 3 is 2.47 bits per heavy atom. The zero-order chi connectivity index (χ0) is 24.0. The fourth-order valence-corrected chi connectivity index (χ4v) is 3.93. The Balaban J connectivity index is 1.57. The number of carbonyl (C=O) groups excluding carboxylic acids is 1. The number of hydrogen-bond acceptors (Lipinski definition) is 6. The molecule has 34 heavy (non-hydrogen) atoms. The number of pyridine rings is 1. The molecule has 0 fully saturated rings. The van der Waals surface area contributed by atoms with Gasteiger partial charge in [0.2, 0.25) is 0 Å². The van der Waals surface area contributed by atoms with Crippen molar-refractivity contribution in [3.05, 3.63) is 82.3 Å². The Kier molecular flexibility index (Phi) is 5.02. The quantitative estimate of drug-likeness (QED) is 0.428. The summed E-state index contributed by atoms with van der Waals surface area (Å²) in [6.07, 6.45) is 1.42. The molecule has 1 amide bonds. The van der Waals surface area contributed by atoms with Crippen LogP contribution in [0.5, 0.6) is 0 Å². The first-order valence-corrected chi connectivity index (χ1v) is 10.8. The Morgan fingerprint density at radius 2 is 1.71 bits per heavy atom. The molecule has 5 aromatic rings. The molecule has 3 heterocycles. The lowest BCUT2D eigenvalue weighted by Crippen LogP contribution is -2.16. The Morgan fingerprint density at radius 1 is 0.941 bits per heavy atom. The number of para-hydroxylation sites is 1. The third-order valence-corrected chi connectivity index (χ3v) is 5.91. The summed E-state index contributed by atoms with van der Waals surface area (Å²) in [5, 5.41) is 17.9. The van der Waals surface area contributed by atoms with Crippen LogP contribution < -0.4 is 5.32 Å². The van der Waals surface area contributed by atoms with Crippen molar-refractivity contribution in [1.29, 1.82) is 5.26 Å². The van der Waals surface area contributed by atoms with Gasteiger partial charge in [-0.05, 0) is 63.1 Å². The van der Waals surface area contributed by atoms with Crippen molar-refractivity contribution in [2.75, 3.05) is 5.32 Å². The number of hydrogen-bond donors (Lipinski definition) is 1. The highest BCUT2D eigenvalue weighted by Crippen LogP contribution is 2.26. The van der Waals surface area contributed by atoms with Crippen LogP contribution in [0.4, 0.5) is 5.82 Å². The topological polar surface area (TPSA) is 109 Å². The van der Waals surface area contributed by atoms with Crippen LogP contribution in [0.2, 0.25) is 0 Å². The maximum Gasteiger partial charge on any atom is 0.256 e. The number of nitrogens with one attached hydrogen (secondary N) is 1. The fourth-order valence-electron chi connectivity index (χ4n) is 3.93. The first kappa shape index (κ1) is 21.2. The van der Waals surface area contributed by atoms with Crippen LogP contribution in [0, 0.1) is 39.0 Å². The monoisotopic (exact) mass is 447 g/mol. The SMILES string of the molecule is Cc1nc2ccc(C(=O)Nc3c(C#N)cnn3-c3cc(C)c4cccc(C)c4n3)cc2nc1C. The number of aromatic nitrogens is 5. The van der Waals surface area contributed by atoms with E-state index in [0.717, 1.165) is 33.4 Å². The van der Waals surface area contributed by atoms with Gasteiger partial charge in [-0.1, -0.05) is 18.2 Å². The normalized spacial score (nSPS) is 11.0. The highest BCUT2D eigenvalue weighted by atomic mass is 16.1. The lowest BCUT2D eigenvalue weighted by Gasteiger charge is -2.12. The molecule has 0 atom stereocenters. The van der Waals surface area contributed by atoms with Crippen molar-refractivity contribution in [3.8, 4) is 11.9 Å². The minimum atomic E-state index is -0.381. The number of carbonyl (C=O) groups is 1. The van der Waals surface area contributed by atoms with Gasteiger partial charge in [0.1, 0.15) is 11.6 Å². The standard InChI is InChI=1S/C26H21N7O/c1-14-6-5-7-20-15(2)10-23(31-24(14)20)33-25(19(12-27)13-28-33)32-26(34)18-8-9-21-22(11-18)30-17(4)16(3)29-21/h5-11,13H,1-4H3,(H,32,34). The number of benzene rings is 2.